The highest BCUT2D eigenvalue weighted by Gasteiger charge is 2.26. The Hall–Kier alpha value is -1.03. The lowest BCUT2D eigenvalue weighted by Crippen LogP contribution is -2.36. The molecule has 11 heteroatoms. The molecule has 0 aromatic carbocycles. The van der Waals surface area contributed by atoms with E-state index >= 15 is 0 Å². The third-order valence-electron chi connectivity index (χ3n) is 6.07. The van der Waals surface area contributed by atoms with Gasteiger partial charge in [-0.2, -0.15) is 0 Å². The first kappa shape index (κ1) is 35.0. The van der Waals surface area contributed by atoms with Gasteiger partial charge in [-0.25, -0.2) is 4.57 Å². The zero-order valence-electron chi connectivity index (χ0n) is 22.4. The van der Waals surface area contributed by atoms with Crippen LogP contribution >= 0.6 is 7.82 Å². The number of carbonyl (C=O) groups is 2. The molecule has 0 radical (unpaired) electrons. The number of rotatable bonds is 25. The van der Waals surface area contributed by atoms with E-state index in [0.717, 1.165) is 19.3 Å². The number of unbranched alkanes of at least 4 members (excludes halogenated alkanes) is 14. The standard InChI is InChI=1S/C25H51N2O8P/c1-3-4-5-6-7-8-9-10-11-12-13-14-15-16-17-18-24(29)27(2)19-22(28)20-34-36(32,33)35-21-23(26)25(30)31/h22-23,28H,3-21,26H2,1-2H3,(H,30,31)(H,32,33)/t22-,23+/m1/s1. The van der Waals surface area contributed by atoms with Crippen LogP contribution in [0.3, 0.4) is 0 Å². The minimum absolute atomic E-state index is 0.0633. The minimum Gasteiger partial charge on any atom is -0.480 e. The summed E-state index contributed by atoms with van der Waals surface area (Å²) in [6.45, 7) is 0.924. The van der Waals surface area contributed by atoms with Crippen molar-refractivity contribution in [3.05, 3.63) is 0 Å². The number of amides is 1. The molecule has 0 heterocycles. The molecule has 5 N–H and O–H groups in total. The number of carboxylic acids is 1. The summed E-state index contributed by atoms with van der Waals surface area (Å²) >= 11 is 0. The third-order valence-corrected chi connectivity index (χ3v) is 7.02. The normalized spacial score (nSPS) is 14.8. The average Bonchev–Trinajstić information content (AvgIpc) is 2.83. The number of nitrogens with zero attached hydrogens (tertiary/aromatic N) is 1. The number of likely N-dealkylation sites (N-methyl/N-ethyl adjacent to an activating group) is 1. The molecule has 0 saturated carbocycles. The van der Waals surface area contributed by atoms with E-state index < -0.39 is 39.2 Å². The molecular formula is C25H51N2O8P. The maximum atomic E-state index is 12.2. The third kappa shape index (κ3) is 21.1. The Morgan fingerprint density at radius 2 is 1.25 bits per heavy atom. The summed E-state index contributed by atoms with van der Waals surface area (Å²) < 4.78 is 20.8. The second kappa shape index (κ2) is 22.0. The Kier molecular flexibility index (Phi) is 21.4. The molecule has 0 spiro atoms. The van der Waals surface area contributed by atoms with E-state index in [0.29, 0.717) is 6.42 Å². The number of hydrogen-bond donors (Lipinski definition) is 4. The first-order valence-electron chi connectivity index (χ1n) is 13.6. The quantitative estimate of drug-likeness (QED) is 0.0961. The van der Waals surface area contributed by atoms with Crippen molar-refractivity contribution in [1.82, 2.24) is 4.90 Å². The number of carboxylic acid groups (broad SMARTS) is 1. The van der Waals surface area contributed by atoms with Crippen LogP contribution in [0.15, 0.2) is 0 Å². The molecule has 0 rings (SSSR count). The van der Waals surface area contributed by atoms with Gasteiger partial charge in [0.25, 0.3) is 0 Å². The molecule has 1 unspecified atom stereocenters. The van der Waals surface area contributed by atoms with Crippen molar-refractivity contribution in [1.29, 1.82) is 0 Å². The molecule has 0 aliphatic carbocycles. The largest absolute Gasteiger partial charge is 0.480 e. The second-order valence-electron chi connectivity index (χ2n) is 9.63. The summed E-state index contributed by atoms with van der Waals surface area (Å²) in [5.74, 6) is -1.50. The van der Waals surface area contributed by atoms with Crippen LogP contribution in [-0.4, -0.2) is 70.8 Å². The highest BCUT2D eigenvalue weighted by atomic mass is 31.2. The fourth-order valence-corrected chi connectivity index (χ4v) is 4.56. The van der Waals surface area contributed by atoms with Gasteiger partial charge in [0.05, 0.1) is 19.3 Å². The Morgan fingerprint density at radius 3 is 1.69 bits per heavy atom. The van der Waals surface area contributed by atoms with Gasteiger partial charge in [0.2, 0.25) is 5.91 Å². The van der Waals surface area contributed by atoms with E-state index in [-0.39, 0.29) is 12.5 Å². The highest BCUT2D eigenvalue weighted by molar-refractivity contribution is 7.47. The average molecular weight is 539 g/mol. The SMILES string of the molecule is CCCCCCCCCCCCCCCCCC(=O)N(C)C[C@@H](O)COP(=O)(O)OC[C@H](N)C(=O)O. The molecule has 214 valence electrons. The van der Waals surface area contributed by atoms with Crippen LogP contribution in [-0.2, 0) is 23.2 Å². The predicted octanol–water partition coefficient (Wildman–Crippen LogP) is 4.61. The lowest BCUT2D eigenvalue weighted by Gasteiger charge is -2.22. The predicted molar refractivity (Wildman–Crippen MR) is 141 cm³/mol. The zero-order chi connectivity index (χ0) is 27.2. The van der Waals surface area contributed by atoms with Gasteiger partial charge in [-0.05, 0) is 6.42 Å². The molecule has 0 aromatic rings. The van der Waals surface area contributed by atoms with E-state index in [1.165, 1.54) is 81.9 Å². The van der Waals surface area contributed by atoms with E-state index in [9.17, 15) is 24.2 Å². The van der Waals surface area contributed by atoms with Crippen LogP contribution in [0.4, 0.5) is 0 Å². The number of phosphoric ester groups is 1. The molecule has 36 heavy (non-hydrogen) atoms. The van der Waals surface area contributed by atoms with Crippen molar-refractivity contribution >= 4 is 19.7 Å². The van der Waals surface area contributed by atoms with Gasteiger partial charge in [0, 0.05) is 20.0 Å². The van der Waals surface area contributed by atoms with Gasteiger partial charge in [0.1, 0.15) is 6.04 Å². The maximum absolute atomic E-state index is 12.2. The van der Waals surface area contributed by atoms with Crippen molar-refractivity contribution < 1.29 is 38.3 Å². The molecule has 1 amide bonds. The van der Waals surface area contributed by atoms with E-state index in [4.69, 9.17) is 10.8 Å². The topological polar surface area (TPSA) is 160 Å². The smallest absolute Gasteiger partial charge is 0.472 e. The number of carbonyl (C=O) groups excluding carboxylic acids is 1. The van der Waals surface area contributed by atoms with Crippen LogP contribution in [0.25, 0.3) is 0 Å². The Labute approximate surface area is 217 Å². The van der Waals surface area contributed by atoms with Crippen molar-refractivity contribution in [3.8, 4) is 0 Å². The molecule has 10 nitrogen and oxygen atoms in total. The van der Waals surface area contributed by atoms with Gasteiger partial charge >= 0.3 is 13.8 Å². The zero-order valence-corrected chi connectivity index (χ0v) is 23.3. The summed E-state index contributed by atoms with van der Waals surface area (Å²) in [5.41, 5.74) is 5.19. The van der Waals surface area contributed by atoms with Crippen molar-refractivity contribution in [2.75, 3.05) is 26.8 Å². The van der Waals surface area contributed by atoms with Crippen LogP contribution in [0, 0.1) is 0 Å². The van der Waals surface area contributed by atoms with Crippen molar-refractivity contribution in [3.63, 3.8) is 0 Å². The highest BCUT2D eigenvalue weighted by Crippen LogP contribution is 2.43. The summed E-state index contributed by atoms with van der Waals surface area (Å²) in [6.07, 6.45) is 18.0. The summed E-state index contributed by atoms with van der Waals surface area (Å²) in [6, 6.07) is -1.47. The van der Waals surface area contributed by atoms with Crippen LogP contribution in [0.5, 0.6) is 0 Å². The molecule has 0 aliphatic heterocycles. The Bertz CT molecular complexity index is 623. The first-order chi connectivity index (χ1) is 17.1. The number of hydrogen-bond acceptors (Lipinski definition) is 7. The van der Waals surface area contributed by atoms with Crippen LogP contribution in [0.2, 0.25) is 0 Å². The molecule has 0 aromatic heterocycles. The van der Waals surface area contributed by atoms with Crippen LogP contribution < -0.4 is 5.73 Å². The fraction of sp³-hybridized carbons (Fsp3) is 0.920. The number of aliphatic hydroxyl groups is 1. The number of aliphatic carboxylic acids is 1. The molecule has 0 fully saturated rings. The molecule has 0 aliphatic rings. The van der Waals surface area contributed by atoms with E-state index in [1.54, 1.807) is 7.05 Å². The number of aliphatic hydroxyl groups excluding tert-OH is 1. The van der Waals surface area contributed by atoms with Crippen LogP contribution in [0.1, 0.15) is 110 Å². The minimum atomic E-state index is -4.56. The van der Waals surface area contributed by atoms with Crippen molar-refractivity contribution in [2.45, 2.75) is 122 Å². The summed E-state index contributed by atoms with van der Waals surface area (Å²) in [4.78, 5) is 33.7. The molecule has 0 bridgehead atoms. The number of phosphoric acid groups is 1. The molecule has 0 saturated heterocycles. The van der Waals surface area contributed by atoms with Gasteiger partial charge < -0.3 is 25.7 Å². The fourth-order valence-electron chi connectivity index (χ4n) is 3.77. The molecular weight excluding hydrogens is 487 g/mol. The lowest BCUT2D eigenvalue weighted by molar-refractivity contribution is -0.139. The summed E-state index contributed by atoms with van der Waals surface area (Å²) in [7, 11) is -3.01. The van der Waals surface area contributed by atoms with E-state index in [2.05, 4.69) is 16.0 Å². The lowest BCUT2D eigenvalue weighted by atomic mass is 10.0. The monoisotopic (exact) mass is 538 g/mol. The van der Waals surface area contributed by atoms with Gasteiger partial charge in [-0.3, -0.25) is 18.6 Å². The Balaban J connectivity index is 3.70. The summed E-state index contributed by atoms with van der Waals surface area (Å²) in [5, 5.41) is 18.6. The molecule has 3 atom stereocenters. The first-order valence-corrected chi connectivity index (χ1v) is 15.1. The second-order valence-corrected chi connectivity index (χ2v) is 11.1. The maximum Gasteiger partial charge on any atom is 0.472 e. The van der Waals surface area contributed by atoms with Gasteiger partial charge in [-0.1, -0.05) is 96.8 Å². The Morgan fingerprint density at radius 1 is 0.833 bits per heavy atom. The van der Waals surface area contributed by atoms with Gasteiger partial charge in [-0.15, -0.1) is 0 Å². The van der Waals surface area contributed by atoms with Gasteiger partial charge in [0.15, 0.2) is 0 Å². The van der Waals surface area contributed by atoms with Crippen molar-refractivity contribution in [2.24, 2.45) is 5.73 Å². The van der Waals surface area contributed by atoms with E-state index in [1.807, 2.05) is 0 Å². The number of nitrogens with two attached hydrogens (primary N) is 1.